The summed E-state index contributed by atoms with van der Waals surface area (Å²) in [6.45, 7) is 0.336. The van der Waals surface area contributed by atoms with E-state index in [0.717, 1.165) is 16.6 Å². The van der Waals surface area contributed by atoms with Crippen LogP contribution in [0.1, 0.15) is 20.4 Å². The normalized spacial score (nSPS) is 12.0. The molecule has 132 valence electrons. The highest BCUT2D eigenvalue weighted by atomic mass is 32.2. The highest BCUT2D eigenvalue weighted by Gasteiger charge is 2.36. The number of ketones is 1. The van der Waals surface area contributed by atoms with Crippen molar-refractivity contribution in [3.05, 3.63) is 33.9 Å². The van der Waals surface area contributed by atoms with Crippen LogP contribution in [0.5, 0.6) is 0 Å². The van der Waals surface area contributed by atoms with Gasteiger partial charge in [-0.05, 0) is 12.1 Å². The molecule has 0 aliphatic rings. The lowest BCUT2D eigenvalue weighted by atomic mass is 10.3. The highest BCUT2D eigenvalue weighted by Crippen LogP contribution is 2.32. The van der Waals surface area contributed by atoms with Crippen molar-refractivity contribution in [2.75, 3.05) is 5.75 Å². The Balaban J connectivity index is 1.88. The summed E-state index contributed by atoms with van der Waals surface area (Å²) in [5.74, 6) is -1.48. The van der Waals surface area contributed by atoms with Gasteiger partial charge in [0.2, 0.25) is 5.82 Å². The van der Waals surface area contributed by atoms with E-state index < -0.39 is 12.0 Å². The van der Waals surface area contributed by atoms with Crippen LogP contribution in [0.25, 0.3) is 11.0 Å². The number of thioether (sulfide) groups is 1. The van der Waals surface area contributed by atoms with Crippen LogP contribution in [0.15, 0.2) is 23.4 Å². The smallest absolute Gasteiger partial charge is 0.326 e. The first-order chi connectivity index (χ1) is 11.8. The maximum absolute atomic E-state index is 13.0. The number of Topliss-reactive ketones (excluding diaryl/α,β-unsaturated/α-hetero) is 1. The van der Waals surface area contributed by atoms with Gasteiger partial charge >= 0.3 is 6.18 Å². The van der Waals surface area contributed by atoms with E-state index in [1.54, 1.807) is 12.1 Å². The summed E-state index contributed by atoms with van der Waals surface area (Å²) >= 11 is 2.21. The van der Waals surface area contributed by atoms with Crippen LogP contribution < -0.4 is 5.73 Å². The Bertz CT molecular complexity index is 934. The van der Waals surface area contributed by atoms with E-state index in [9.17, 15) is 18.0 Å². The standard InChI is InChI=1S/C14H12F3N5OS2/c1-22-11-8(5-19-22)12(21-13(20-11)14(15,16)17)24-6-9(23)10-3-2-7(4-18)25-10/h2-3,5H,4,6,18H2,1H3. The van der Waals surface area contributed by atoms with Crippen LogP contribution >= 0.6 is 23.1 Å². The molecule has 0 unspecified atom stereocenters. The fourth-order valence-corrected chi connectivity index (χ4v) is 3.86. The van der Waals surface area contributed by atoms with Crippen molar-refractivity contribution in [3.63, 3.8) is 0 Å². The molecule has 3 aromatic rings. The average Bonchev–Trinajstić information content (AvgIpc) is 3.18. The van der Waals surface area contributed by atoms with Crippen LogP contribution in [-0.2, 0) is 19.8 Å². The Morgan fingerprint density at radius 2 is 2.12 bits per heavy atom. The molecule has 3 aromatic heterocycles. The number of aromatic nitrogens is 4. The maximum Gasteiger partial charge on any atom is 0.451 e. The van der Waals surface area contributed by atoms with Gasteiger partial charge in [-0.15, -0.1) is 11.3 Å². The van der Waals surface area contributed by atoms with Crippen molar-refractivity contribution in [2.24, 2.45) is 12.8 Å². The number of aryl methyl sites for hydroxylation is 1. The summed E-state index contributed by atoms with van der Waals surface area (Å²) < 4.78 is 40.2. The van der Waals surface area contributed by atoms with E-state index in [4.69, 9.17) is 5.73 Å². The molecule has 25 heavy (non-hydrogen) atoms. The van der Waals surface area contributed by atoms with Gasteiger partial charge < -0.3 is 5.73 Å². The molecule has 11 heteroatoms. The minimum Gasteiger partial charge on any atom is -0.326 e. The summed E-state index contributed by atoms with van der Waals surface area (Å²) in [6, 6.07) is 3.42. The largest absolute Gasteiger partial charge is 0.451 e. The van der Waals surface area contributed by atoms with Crippen molar-refractivity contribution in [1.29, 1.82) is 0 Å². The minimum absolute atomic E-state index is 0.0389. The number of carbonyl (C=O) groups is 1. The molecule has 0 aliphatic heterocycles. The Morgan fingerprint density at radius 3 is 2.76 bits per heavy atom. The summed E-state index contributed by atoms with van der Waals surface area (Å²) in [5.41, 5.74) is 5.58. The second-order valence-electron chi connectivity index (χ2n) is 5.04. The van der Waals surface area contributed by atoms with Gasteiger partial charge in [0.1, 0.15) is 5.03 Å². The van der Waals surface area contributed by atoms with E-state index in [1.807, 2.05) is 0 Å². The van der Waals surface area contributed by atoms with E-state index in [1.165, 1.54) is 29.3 Å². The van der Waals surface area contributed by atoms with Gasteiger partial charge in [0, 0.05) is 18.5 Å². The predicted molar refractivity (Wildman–Crippen MR) is 88.6 cm³/mol. The van der Waals surface area contributed by atoms with Gasteiger partial charge in [-0.25, -0.2) is 9.97 Å². The first-order valence-corrected chi connectivity index (χ1v) is 8.81. The zero-order chi connectivity index (χ0) is 18.2. The first kappa shape index (κ1) is 17.8. The first-order valence-electron chi connectivity index (χ1n) is 7.01. The fraction of sp³-hybridized carbons (Fsp3) is 0.286. The summed E-state index contributed by atoms with van der Waals surface area (Å²) in [7, 11) is 1.50. The average molecular weight is 387 g/mol. The molecule has 0 atom stereocenters. The van der Waals surface area contributed by atoms with Gasteiger partial charge in [0.15, 0.2) is 11.4 Å². The molecule has 0 radical (unpaired) electrons. The van der Waals surface area contributed by atoms with Crippen molar-refractivity contribution in [3.8, 4) is 0 Å². The van der Waals surface area contributed by atoms with Gasteiger partial charge in [0.05, 0.1) is 22.2 Å². The van der Waals surface area contributed by atoms with Gasteiger partial charge in [-0.3, -0.25) is 9.48 Å². The number of hydrogen-bond acceptors (Lipinski definition) is 7. The van der Waals surface area contributed by atoms with Crippen LogP contribution in [0.4, 0.5) is 13.2 Å². The number of rotatable bonds is 5. The molecule has 0 saturated carbocycles. The molecule has 0 aliphatic carbocycles. The molecule has 2 N–H and O–H groups in total. The third-order valence-corrected chi connectivity index (χ3v) is 5.43. The van der Waals surface area contributed by atoms with Crippen molar-refractivity contribution in [1.82, 2.24) is 19.7 Å². The quantitative estimate of drug-likeness (QED) is 0.412. The number of nitrogens with zero attached hydrogens (tertiary/aromatic N) is 4. The second kappa shape index (κ2) is 6.73. The number of hydrogen-bond donors (Lipinski definition) is 1. The Morgan fingerprint density at radius 1 is 1.36 bits per heavy atom. The van der Waals surface area contributed by atoms with Gasteiger partial charge in [0.25, 0.3) is 0 Å². The van der Waals surface area contributed by atoms with E-state index >= 15 is 0 Å². The number of carbonyl (C=O) groups excluding carboxylic acids is 1. The summed E-state index contributed by atoms with van der Waals surface area (Å²) in [5, 5.41) is 4.37. The highest BCUT2D eigenvalue weighted by molar-refractivity contribution is 8.00. The van der Waals surface area contributed by atoms with Crippen LogP contribution in [0.2, 0.25) is 0 Å². The van der Waals surface area contributed by atoms with Gasteiger partial charge in [-0.2, -0.15) is 18.3 Å². The van der Waals surface area contributed by atoms with Gasteiger partial charge in [-0.1, -0.05) is 11.8 Å². The molecule has 0 saturated heterocycles. The van der Waals surface area contributed by atoms with Crippen molar-refractivity contribution >= 4 is 39.9 Å². The molecule has 6 nitrogen and oxygen atoms in total. The molecule has 0 fully saturated rings. The second-order valence-corrected chi connectivity index (χ2v) is 7.17. The topological polar surface area (TPSA) is 86.7 Å². The third kappa shape index (κ3) is 3.67. The molecular weight excluding hydrogens is 375 g/mol. The lowest BCUT2D eigenvalue weighted by molar-refractivity contribution is -0.145. The van der Waals surface area contributed by atoms with Crippen LogP contribution in [-0.4, -0.2) is 31.3 Å². The third-order valence-electron chi connectivity index (χ3n) is 3.29. The number of fused-ring (bicyclic) bond motifs is 1. The molecule has 0 aromatic carbocycles. The zero-order valence-corrected chi connectivity index (χ0v) is 14.5. The Labute approximate surface area is 148 Å². The van der Waals surface area contributed by atoms with Crippen molar-refractivity contribution in [2.45, 2.75) is 17.7 Å². The minimum atomic E-state index is -4.68. The number of alkyl halides is 3. The molecule has 0 spiro atoms. The Kier molecular flexibility index (Phi) is 4.80. The number of halogens is 3. The fourth-order valence-electron chi connectivity index (χ4n) is 2.08. The summed E-state index contributed by atoms with van der Waals surface area (Å²) in [4.78, 5) is 20.7. The number of thiophene rings is 1. The van der Waals surface area contributed by atoms with Crippen LogP contribution in [0.3, 0.4) is 0 Å². The zero-order valence-electron chi connectivity index (χ0n) is 12.9. The lowest BCUT2D eigenvalue weighted by Gasteiger charge is -2.08. The SMILES string of the molecule is Cn1ncc2c(SCC(=O)c3ccc(CN)s3)nc(C(F)(F)F)nc21. The predicted octanol–water partition coefficient (Wildman–Crippen LogP) is 2.88. The van der Waals surface area contributed by atoms with E-state index in [2.05, 4.69) is 15.1 Å². The van der Waals surface area contributed by atoms with E-state index in [-0.39, 0.29) is 22.2 Å². The molecule has 0 bridgehead atoms. The maximum atomic E-state index is 13.0. The monoisotopic (exact) mass is 387 g/mol. The van der Waals surface area contributed by atoms with E-state index in [0.29, 0.717) is 16.8 Å². The Hall–Kier alpha value is -1.98. The lowest BCUT2D eigenvalue weighted by Crippen LogP contribution is -2.13. The van der Waals surface area contributed by atoms with Crippen LogP contribution in [0, 0.1) is 0 Å². The molecule has 0 amide bonds. The molecule has 3 rings (SSSR count). The molecular formula is C14H12F3N5OS2. The summed E-state index contributed by atoms with van der Waals surface area (Å²) in [6.07, 6.45) is -3.29. The number of nitrogens with two attached hydrogens (primary N) is 1. The van der Waals surface area contributed by atoms with Crippen molar-refractivity contribution < 1.29 is 18.0 Å². The molecule has 3 heterocycles.